The zero-order valence-electron chi connectivity index (χ0n) is 9.80. The van der Waals surface area contributed by atoms with Gasteiger partial charge in [-0.1, -0.05) is 0 Å². The number of amides is 4. The third kappa shape index (κ3) is 6.88. The lowest BCUT2D eigenvalue weighted by Crippen LogP contribution is -2.43. The summed E-state index contributed by atoms with van der Waals surface area (Å²) in [4.78, 5) is 45.6. The Morgan fingerprint density at radius 1 is 1.24 bits per heavy atom. The van der Waals surface area contributed by atoms with Gasteiger partial charge in [0.2, 0.25) is 24.1 Å². The maximum Gasteiger partial charge on any atom is 0.242 e. The molecule has 0 aliphatic heterocycles. The van der Waals surface area contributed by atoms with Gasteiger partial charge >= 0.3 is 0 Å². The van der Waals surface area contributed by atoms with Gasteiger partial charge in [-0.05, 0) is 0 Å². The van der Waals surface area contributed by atoms with Crippen LogP contribution >= 0.6 is 0 Å². The van der Waals surface area contributed by atoms with Crippen molar-refractivity contribution in [2.24, 2.45) is 5.73 Å². The van der Waals surface area contributed by atoms with E-state index in [1.807, 2.05) is 0 Å². The van der Waals surface area contributed by atoms with Crippen molar-refractivity contribution in [2.75, 3.05) is 33.7 Å². The third-order valence-corrected chi connectivity index (χ3v) is 1.83. The first-order valence-corrected chi connectivity index (χ1v) is 4.81. The number of carbonyl (C=O) groups excluding carboxylic acids is 4. The maximum atomic E-state index is 11.4. The first-order valence-electron chi connectivity index (χ1n) is 4.81. The Bertz CT molecular complexity index is 318. The molecule has 4 amide bonds. The van der Waals surface area contributed by atoms with Crippen molar-refractivity contribution in [3.05, 3.63) is 0 Å². The van der Waals surface area contributed by atoms with Crippen LogP contribution in [-0.4, -0.2) is 67.7 Å². The Morgan fingerprint density at radius 3 is 2.29 bits per heavy atom. The molecule has 0 aromatic carbocycles. The summed E-state index contributed by atoms with van der Waals surface area (Å²) in [5, 5.41) is 2.24. The van der Waals surface area contributed by atoms with Crippen molar-refractivity contribution in [3.8, 4) is 0 Å². The molecule has 0 unspecified atom stereocenters. The molecule has 96 valence electrons. The largest absolute Gasteiger partial charge is 0.368 e. The molecule has 0 aromatic rings. The van der Waals surface area contributed by atoms with Crippen LogP contribution in [0.1, 0.15) is 0 Å². The molecule has 0 bridgehead atoms. The van der Waals surface area contributed by atoms with Gasteiger partial charge in [0.1, 0.15) is 0 Å². The first kappa shape index (κ1) is 14.9. The Labute approximate surface area is 98.7 Å². The predicted molar refractivity (Wildman–Crippen MR) is 58.5 cm³/mol. The summed E-state index contributed by atoms with van der Waals surface area (Å²) in [5.41, 5.74) is 4.84. The van der Waals surface area contributed by atoms with Gasteiger partial charge in [0, 0.05) is 14.1 Å². The zero-order valence-corrected chi connectivity index (χ0v) is 9.80. The normalized spacial score (nSPS) is 9.29. The summed E-state index contributed by atoms with van der Waals surface area (Å²) in [5.74, 6) is -1.53. The van der Waals surface area contributed by atoms with Crippen LogP contribution in [0.2, 0.25) is 0 Å². The summed E-state index contributed by atoms with van der Waals surface area (Å²) in [6.07, 6.45) is 0.513. The molecule has 17 heavy (non-hydrogen) atoms. The van der Waals surface area contributed by atoms with E-state index >= 15 is 0 Å². The van der Waals surface area contributed by atoms with Gasteiger partial charge < -0.3 is 20.9 Å². The van der Waals surface area contributed by atoms with Crippen LogP contribution in [0, 0.1) is 0 Å². The van der Waals surface area contributed by atoms with E-state index in [1.54, 1.807) is 0 Å². The molecule has 0 spiro atoms. The summed E-state index contributed by atoms with van der Waals surface area (Å²) >= 11 is 0. The van der Waals surface area contributed by atoms with Gasteiger partial charge in [-0.3, -0.25) is 19.2 Å². The molecular formula is C9H16N4O4. The SMILES string of the molecule is CN(C=O)CC(=O)N(C)CC(=O)NCC(N)=O. The highest BCUT2D eigenvalue weighted by Crippen LogP contribution is 1.87. The number of carbonyl (C=O) groups is 4. The molecule has 0 fully saturated rings. The third-order valence-electron chi connectivity index (χ3n) is 1.83. The van der Waals surface area contributed by atoms with Gasteiger partial charge in [0.25, 0.3) is 0 Å². The lowest BCUT2D eigenvalue weighted by atomic mass is 10.4. The van der Waals surface area contributed by atoms with Crippen LogP contribution in [0.3, 0.4) is 0 Å². The van der Waals surface area contributed by atoms with E-state index in [4.69, 9.17) is 5.73 Å². The number of nitrogens with one attached hydrogen (secondary N) is 1. The number of nitrogens with zero attached hydrogens (tertiary/aromatic N) is 2. The molecular weight excluding hydrogens is 228 g/mol. The molecule has 0 rings (SSSR count). The highest BCUT2D eigenvalue weighted by molar-refractivity contribution is 5.88. The van der Waals surface area contributed by atoms with Gasteiger partial charge in [0.05, 0.1) is 19.6 Å². The number of primary amides is 1. The Balaban J connectivity index is 4.02. The highest BCUT2D eigenvalue weighted by atomic mass is 16.2. The fourth-order valence-corrected chi connectivity index (χ4v) is 0.917. The summed E-state index contributed by atoms with van der Waals surface area (Å²) < 4.78 is 0. The van der Waals surface area contributed by atoms with E-state index in [1.165, 1.54) is 14.1 Å². The molecule has 3 N–H and O–H groups in total. The number of hydrogen-bond donors (Lipinski definition) is 2. The van der Waals surface area contributed by atoms with E-state index in [0.717, 1.165) is 9.80 Å². The summed E-state index contributed by atoms with van der Waals surface area (Å²) in [7, 11) is 2.87. The van der Waals surface area contributed by atoms with Crippen LogP contribution in [0.15, 0.2) is 0 Å². The average molecular weight is 244 g/mol. The fraction of sp³-hybridized carbons (Fsp3) is 0.556. The Morgan fingerprint density at radius 2 is 1.82 bits per heavy atom. The maximum absolute atomic E-state index is 11.4. The minimum atomic E-state index is -0.659. The quantitative estimate of drug-likeness (QED) is 0.469. The Kier molecular flexibility index (Phi) is 6.30. The van der Waals surface area contributed by atoms with E-state index < -0.39 is 11.8 Å². The molecule has 0 aliphatic rings. The van der Waals surface area contributed by atoms with Crippen molar-refractivity contribution in [1.82, 2.24) is 15.1 Å². The lowest BCUT2D eigenvalue weighted by Gasteiger charge is -2.18. The Hall–Kier alpha value is -2.12. The smallest absolute Gasteiger partial charge is 0.242 e. The van der Waals surface area contributed by atoms with E-state index in [0.29, 0.717) is 6.41 Å². The second-order valence-electron chi connectivity index (χ2n) is 3.51. The number of rotatable bonds is 7. The van der Waals surface area contributed by atoms with E-state index in [9.17, 15) is 19.2 Å². The molecule has 0 saturated carbocycles. The lowest BCUT2D eigenvalue weighted by molar-refractivity contribution is -0.137. The summed E-state index contributed by atoms with van der Waals surface area (Å²) in [6, 6.07) is 0. The van der Waals surface area contributed by atoms with Gasteiger partial charge in [-0.2, -0.15) is 0 Å². The van der Waals surface area contributed by atoms with Crippen molar-refractivity contribution in [2.45, 2.75) is 0 Å². The van der Waals surface area contributed by atoms with E-state index in [-0.39, 0.29) is 25.5 Å². The molecule has 0 aromatic heterocycles. The molecule has 0 aliphatic carbocycles. The van der Waals surface area contributed by atoms with Gasteiger partial charge in [-0.15, -0.1) is 0 Å². The molecule has 0 heterocycles. The molecule has 0 radical (unpaired) electrons. The number of hydrogen-bond acceptors (Lipinski definition) is 4. The van der Waals surface area contributed by atoms with Crippen molar-refractivity contribution >= 4 is 24.1 Å². The van der Waals surface area contributed by atoms with Crippen molar-refractivity contribution in [1.29, 1.82) is 0 Å². The molecule has 8 heteroatoms. The van der Waals surface area contributed by atoms with Gasteiger partial charge in [0.15, 0.2) is 0 Å². The minimum Gasteiger partial charge on any atom is -0.368 e. The molecule has 0 saturated heterocycles. The molecule has 8 nitrogen and oxygen atoms in total. The first-order chi connectivity index (χ1) is 7.86. The summed E-state index contributed by atoms with van der Waals surface area (Å²) in [6.45, 7) is -0.572. The fourth-order valence-electron chi connectivity index (χ4n) is 0.917. The second-order valence-corrected chi connectivity index (χ2v) is 3.51. The standard InChI is InChI=1S/C9H16N4O4/c1-12(6-14)5-9(17)13(2)4-8(16)11-3-7(10)15/h6H,3-5H2,1-2H3,(H2,10,15)(H,11,16). The van der Waals surface area contributed by atoms with E-state index in [2.05, 4.69) is 5.32 Å². The van der Waals surface area contributed by atoms with Crippen LogP contribution in [0.4, 0.5) is 0 Å². The van der Waals surface area contributed by atoms with Crippen LogP contribution < -0.4 is 11.1 Å². The molecule has 0 atom stereocenters. The van der Waals surface area contributed by atoms with Crippen LogP contribution in [0.25, 0.3) is 0 Å². The zero-order chi connectivity index (χ0) is 13.4. The van der Waals surface area contributed by atoms with Crippen LogP contribution in [0.5, 0.6) is 0 Å². The monoisotopic (exact) mass is 244 g/mol. The number of nitrogens with two attached hydrogens (primary N) is 1. The van der Waals surface area contributed by atoms with Crippen molar-refractivity contribution < 1.29 is 19.2 Å². The topological polar surface area (TPSA) is 113 Å². The second kappa shape index (κ2) is 7.20. The predicted octanol–water partition coefficient (Wildman–Crippen LogP) is -2.87. The minimum absolute atomic E-state index is 0.108. The van der Waals surface area contributed by atoms with Crippen LogP contribution in [-0.2, 0) is 19.2 Å². The van der Waals surface area contributed by atoms with Gasteiger partial charge in [-0.25, -0.2) is 0 Å². The number of likely N-dealkylation sites (N-methyl/N-ethyl adjacent to an activating group) is 2. The van der Waals surface area contributed by atoms with Crippen molar-refractivity contribution in [3.63, 3.8) is 0 Å². The average Bonchev–Trinajstić information content (AvgIpc) is 2.25. The highest BCUT2D eigenvalue weighted by Gasteiger charge is 2.14.